The molecule has 0 bridgehead atoms. The summed E-state index contributed by atoms with van der Waals surface area (Å²) >= 11 is 6.07. The van der Waals surface area contributed by atoms with Crippen molar-refractivity contribution in [2.75, 3.05) is 54.1 Å². The summed E-state index contributed by atoms with van der Waals surface area (Å²) in [5, 5.41) is 11.2. The third kappa shape index (κ3) is 8.65. The van der Waals surface area contributed by atoms with Crippen LogP contribution in [0.3, 0.4) is 0 Å². The first-order chi connectivity index (χ1) is 26.4. The first kappa shape index (κ1) is 38.2. The van der Waals surface area contributed by atoms with Crippen molar-refractivity contribution in [3.05, 3.63) is 94.0 Å². The molecule has 2 unspecified atom stereocenters. The average Bonchev–Trinajstić information content (AvgIpc) is 3.70. The van der Waals surface area contributed by atoms with Gasteiger partial charge in [0.05, 0.1) is 60.0 Å². The minimum Gasteiger partial charge on any atom is -0.493 e. The van der Waals surface area contributed by atoms with Gasteiger partial charge in [0.25, 0.3) is 5.91 Å². The van der Waals surface area contributed by atoms with Gasteiger partial charge in [-0.05, 0) is 66.9 Å². The Hall–Kier alpha value is -5.49. The number of unbranched alkanes of at least 4 members (excludes halogenated alkanes) is 4. The van der Waals surface area contributed by atoms with Crippen LogP contribution in [0.25, 0.3) is 0 Å². The topological polar surface area (TPSA) is 127 Å². The second-order valence-corrected chi connectivity index (χ2v) is 13.2. The molecule has 1 amide bonds. The molecule has 13 heteroatoms. The Morgan fingerprint density at radius 3 is 2.07 bits per heavy atom. The van der Waals surface area contributed by atoms with Gasteiger partial charge in [0.1, 0.15) is 6.17 Å². The normalized spacial score (nSPS) is 15.9. The SMILES string of the molecule is COc1cc(C2NC(=O)c3cc(Cl)ccc3N2)ccc1OCCCCCCCOc1cccc(C2CC(c3cc(OC)c(OC)c(OC)c3)=NO2)c1OC. The maximum Gasteiger partial charge on any atom is 0.255 e. The summed E-state index contributed by atoms with van der Waals surface area (Å²) in [5.74, 6) is 4.00. The lowest BCUT2D eigenvalue weighted by Crippen LogP contribution is -2.38. The Bertz CT molecular complexity index is 1950. The van der Waals surface area contributed by atoms with Gasteiger partial charge in [0.15, 0.2) is 40.6 Å². The zero-order valence-electron chi connectivity index (χ0n) is 31.2. The van der Waals surface area contributed by atoms with Crippen LogP contribution in [0.2, 0.25) is 5.02 Å². The Labute approximate surface area is 320 Å². The number of amides is 1. The van der Waals surface area contributed by atoms with Crippen molar-refractivity contribution >= 4 is 28.9 Å². The number of nitrogens with one attached hydrogen (secondary N) is 2. The van der Waals surface area contributed by atoms with Crippen molar-refractivity contribution in [3.8, 4) is 40.2 Å². The van der Waals surface area contributed by atoms with E-state index in [0.29, 0.717) is 70.5 Å². The van der Waals surface area contributed by atoms with Crippen LogP contribution in [0.5, 0.6) is 40.2 Å². The van der Waals surface area contributed by atoms with Gasteiger partial charge in [-0.1, -0.05) is 54.2 Å². The second kappa shape index (κ2) is 18.0. The molecular weight excluding hydrogens is 714 g/mol. The Morgan fingerprint density at radius 2 is 1.39 bits per heavy atom. The third-order valence-corrected chi connectivity index (χ3v) is 9.59. The number of fused-ring (bicyclic) bond motifs is 1. The summed E-state index contributed by atoms with van der Waals surface area (Å²) in [4.78, 5) is 18.6. The highest BCUT2D eigenvalue weighted by Crippen LogP contribution is 2.43. The number of carbonyl (C=O) groups excluding carboxylic acids is 1. The number of ether oxygens (including phenoxy) is 7. The molecule has 0 radical (unpaired) electrons. The zero-order valence-corrected chi connectivity index (χ0v) is 31.9. The molecule has 4 aromatic rings. The first-order valence-electron chi connectivity index (χ1n) is 17.9. The van der Waals surface area contributed by atoms with Crippen LogP contribution in [-0.2, 0) is 4.84 Å². The van der Waals surface area contributed by atoms with Crippen molar-refractivity contribution in [2.45, 2.75) is 50.8 Å². The third-order valence-electron chi connectivity index (χ3n) is 9.35. The molecule has 0 saturated heterocycles. The van der Waals surface area contributed by atoms with E-state index in [-0.39, 0.29) is 12.0 Å². The molecule has 2 atom stereocenters. The van der Waals surface area contributed by atoms with E-state index in [2.05, 4.69) is 15.8 Å². The molecule has 0 spiro atoms. The van der Waals surface area contributed by atoms with Crippen LogP contribution >= 0.6 is 11.6 Å². The van der Waals surface area contributed by atoms with Crippen LogP contribution in [0.4, 0.5) is 5.69 Å². The molecule has 6 rings (SSSR count). The lowest BCUT2D eigenvalue weighted by molar-refractivity contribution is 0.0832. The van der Waals surface area contributed by atoms with Gasteiger partial charge in [-0.15, -0.1) is 0 Å². The number of nitrogens with zero attached hydrogens (tertiary/aromatic N) is 1. The summed E-state index contributed by atoms with van der Waals surface area (Å²) in [6, 6.07) is 20.4. The average molecular weight is 760 g/mol. The Kier molecular flexibility index (Phi) is 12.8. The number of oxime groups is 1. The van der Waals surface area contributed by atoms with Crippen molar-refractivity contribution < 1.29 is 42.8 Å². The molecule has 2 heterocycles. The molecule has 0 aromatic heterocycles. The molecule has 2 aliphatic heterocycles. The van der Waals surface area contributed by atoms with Crippen molar-refractivity contribution in [3.63, 3.8) is 0 Å². The Morgan fingerprint density at radius 1 is 0.704 bits per heavy atom. The molecule has 54 heavy (non-hydrogen) atoms. The molecule has 0 saturated carbocycles. The van der Waals surface area contributed by atoms with Gasteiger partial charge in [-0.2, -0.15) is 0 Å². The highest BCUT2D eigenvalue weighted by Gasteiger charge is 2.30. The number of benzene rings is 4. The predicted octanol–water partition coefficient (Wildman–Crippen LogP) is 8.51. The van der Waals surface area contributed by atoms with Gasteiger partial charge in [0, 0.05) is 28.3 Å². The van der Waals surface area contributed by atoms with E-state index in [9.17, 15) is 4.79 Å². The quantitative estimate of drug-likeness (QED) is 0.0954. The van der Waals surface area contributed by atoms with E-state index in [1.165, 1.54) is 0 Å². The monoisotopic (exact) mass is 759 g/mol. The minimum atomic E-state index is -0.408. The van der Waals surface area contributed by atoms with Crippen molar-refractivity contribution in [1.29, 1.82) is 0 Å². The lowest BCUT2D eigenvalue weighted by atomic mass is 9.98. The number of anilines is 1. The van der Waals surface area contributed by atoms with E-state index in [4.69, 9.17) is 49.6 Å². The number of hydrogen-bond donors (Lipinski definition) is 2. The summed E-state index contributed by atoms with van der Waals surface area (Å²) in [6.45, 7) is 1.13. The molecule has 2 N–H and O–H groups in total. The van der Waals surface area contributed by atoms with Crippen LogP contribution < -0.4 is 43.8 Å². The number of carbonyl (C=O) groups is 1. The summed E-state index contributed by atoms with van der Waals surface area (Å²) in [7, 11) is 7.98. The summed E-state index contributed by atoms with van der Waals surface area (Å²) < 4.78 is 40.2. The van der Waals surface area contributed by atoms with E-state index >= 15 is 0 Å². The number of rotatable bonds is 18. The molecule has 12 nitrogen and oxygen atoms in total. The summed E-state index contributed by atoms with van der Waals surface area (Å²) in [5.41, 5.74) is 4.53. The van der Waals surface area contributed by atoms with Gasteiger partial charge in [0.2, 0.25) is 5.75 Å². The predicted molar refractivity (Wildman–Crippen MR) is 206 cm³/mol. The van der Waals surface area contributed by atoms with Gasteiger partial charge in [-0.25, -0.2) is 0 Å². The lowest BCUT2D eigenvalue weighted by Gasteiger charge is -2.28. The standard InChI is InChI=1S/C41H46ClN3O9/c1-47-35-20-25(40-43-30-16-15-27(42)23-29(30)41(46)44-40)14-17-32(35)52-18-9-7-6-8-10-19-53-33-13-11-12-28(38(33)50-4)34-24-31(45-54-34)26-21-36(48-2)39(51-5)37(22-26)49-3/h11-17,20-23,34,40,43H,6-10,18-19,24H2,1-5H3,(H,44,46). The van der Waals surface area contributed by atoms with Crippen molar-refractivity contribution in [1.82, 2.24) is 5.32 Å². The van der Waals surface area contributed by atoms with Crippen LogP contribution in [0, 0.1) is 0 Å². The number of halogens is 1. The van der Waals surface area contributed by atoms with Crippen molar-refractivity contribution in [2.24, 2.45) is 5.16 Å². The molecule has 2 aliphatic rings. The second-order valence-electron chi connectivity index (χ2n) is 12.7. The first-order valence-corrected chi connectivity index (χ1v) is 18.3. The van der Waals surface area contributed by atoms with E-state index in [1.54, 1.807) is 53.7 Å². The largest absolute Gasteiger partial charge is 0.493 e. The molecule has 0 aliphatic carbocycles. The Balaban J connectivity index is 0.926. The van der Waals surface area contributed by atoms with Gasteiger partial charge >= 0.3 is 0 Å². The fourth-order valence-corrected chi connectivity index (χ4v) is 6.73. The van der Waals surface area contributed by atoms with Crippen LogP contribution in [0.15, 0.2) is 71.9 Å². The fraction of sp³-hybridized carbons (Fsp3) is 0.366. The maximum absolute atomic E-state index is 12.7. The van der Waals surface area contributed by atoms with E-state index in [1.807, 2.05) is 48.5 Å². The van der Waals surface area contributed by atoms with Crippen LogP contribution in [-0.4, -0.2) is 60.4 Å². The van der Waals surface area contributed by atoms with Gasteiger partial charge in [-0.3, -0.25) is 4.79 Å². The number of para-hydroxylation sites is 1. The molecular formula is C41H46ClN3O9. The maximum atomic E-state index is 12.7. The van der Waals surface area contributed by atoms with Gasteiger partial charge < -0.3 is 48.6 Å². The van der Waals surface area contributed by atoms with E-state index < -0.39 is 6.17 Å². The zero-order chi connectivity index (χ0) is 38.0. The highest BCUT2D eigenvalue weighted by atomic mass is 35.5. The molecule has 4 aromatic carbocycles. The highest BCUT2D eigenvalue weighted by molar-refractivity contribution is 6.31. The van der Waals surface area contributed by atoms with Crippen LogP contribution in [0.1, 0.15) is 77.8 Å². The minimum absolute atomic E-state index is 0.189. The molecule has 0 fully saturated rings. The smallest absolute Gasteiger partial charge is 0.255 e. The number of hydrogen-bond acceptors (Lipinski definition) is 11. The fourth-order valence-electron chi connectivity index (χ4n) is 6.56. The number of methoxy groups -OCH3 is 5. The van der Waals surface area contributed by atoms with E-state index in [0.717, 1.165) is 60.2 Å². The molecule has 286 valence electrons. The summed E-state index contributed by atoms with van der Waals surface area (Å²) in [6.07, 6.45) is 4.69.